The fourth-order valence-corrected chi connectivity index (χ4v) is 3.83. The molecule has 5 nitrogen and oxygen atoms in total. The van der Waals surface area contributed by atoms with Gasteiger partial charge in [0.05, 0.1) is 15.9 Å². The molecule has 0 spiro atoms. The lowest BCUT2D eigenvalue weighted by Crippen LogP contribution is -2.13. The highest BCUT2D eigenvalue weighted by Crippen LogP contribution is 2.29. The lowest BCUT2D eigenvalue weighted by Gasteiger charge is -2.07. The van der Waals surface area contributed by atoms with Gasteiger partial charge in [-0.3, -0.25) is 0 Å². The molecule has 0 fully saturated rings. The first-order valence-corrected chi connectivity index (χ1v) is 10.2. The van der Waals surface area contributed by atoms with E-state index in [9.17, 15) is 21.6 Å². The molecule has 0 saturated carbocycles. The number of fused-ring (bicyclic) bond motifs is 1. The summed E-state index contributed by atoms with van der Waals surface area (Å²) < 4.78 is 63.9. The van der Waals surface area contributed by atoms with Crippen molar-refractivity contribution < 1.29 is 21.6 Å². The van der Waals surface area contributed by atoms with Crippen molar-refractivity contribution in [2.45, 2.75) is 4.90 Å². The number of benzene rings is 3. The van der Waals surface area contributed by atoms with Crippen LogP contribution in [0.3, 0.4) is 0 Å². The third-order valence-electron chi connectivity index (χ3n) is 4.49. The summed E-state index contributed by atoms with van der Waals surface area (Å²) in [6.45, 7) is 0. The first kappa shape index (κ1) is 19.9. The maximum absolute atomic E-state index is 13.8. The smallest absolute Gasteiger partial charge is 0.238 e. The molecular formula is C21H14F3N3O2S. The second kappa shape index (κ2) is 7.43. The van der Waals surface area contributed by atoms with Crippen LogP contribution in [0.2, 0.25) is 0 Å². The SMILES string of the molecule is NS(=O)(=O)c1ccccc1-c1ccc2nc(/C=C/c3ccc(F)c(F)c3F)[nH]c2c1. The summed E-state index contributed by atoms with van der Waals surface area (Å²) in [5.41, 5.74) is 2.10. The number of rotatable bonds is 4. The number of halogens is 3. The Morgan fingerprint density at radius 3 is 2.47 bits per heavy atom. The number of nitrogens with two attached hydrogens (primary N) is 1. The van der Waals surface area contributed by atoms with Gasteiger partial charge in [-0.2, -0.15) is 0 Å². The van der Waals surface area contributed by atoms with Gasteiger partial charge in [-0.25, -0.2) is 31.7 Å². The van der Waals surface area contributed by atoms with Crippen LogP contribution in [0.15, 0.2) is 59.5 Å². The molecule has 3 aromatic carbocycles. The Bertz CT molecular complexity index is 1410. The van der Waals surface area contributed by atoms with Gasteiger partial charge in [0.25, 0.3) is 0 Å². The van der Waals surface area contributed by atoms with Crippen LogP contribution >= 0.6 is 0 Å². The van der Waals surface area contributed by atoms with Crippen molar-refractivity contribution in [3.63, 3.8) is 0 Å². The van der Waals surface area contributed by atoms with E-state index in [2.05, 4.69) is 9.97 Å². The minimum Gasteiger partial charge on any atom is -0.338 e. The molecule has 0 bridgehead atoms. The molecule has 0 unspecified atom stereocenters. The van der Waals surface area contributed by atoms with E-state index in [1.165, 1.54) is 18.2 Å². The Hall–Kier alpha value is -3.43. The van der Waals surface area contributed by atoms with Crippen molar-refractivity contribution in [1.29, 1.82) is 0 Å². The van der Waals surface area contributed by atoms with E-state index < -0.39 is 27.5 Å². The molecular weight excluding hydrogens is 415 g/mol. The van der Waals surface area contributed by atoms with Crippen LogP contribution in [-0.4, -0.2) is 18.4 Å². The van der Waals surface area contributed by atoms with E-state index in [0.717, 1.165) is 12.1 Å². The number of imidazole rings is 1. The number of sulfonamides is 1. The number of aromatic nitrogens is 2. The van der Waals surface area contributed by atoms with Crippen LogP contribution in [0.25, 0.3) is 34.3 Å². The van der Waals surface area contributed by atoms with Crippen LogP contribution in [0, 0.1) is 17.5 Å². The zero-order chi connectivity index (χ0) is 21.5. The van der Waals surface area contributed by atoms with Crippen molar-refractivity contribution in [2.24, 2.45) is 5.14 Å². The van der Waals surface area contributed by atoms with Gasteiger partial charge in [-0.15, -0.1) is 0 Å². The molecule has 1 heterocycles. The minimum absolute atomic E-state index is 0.00204. The van der Waals surface area contributed by atoms with Crippen molar-refractivity contribution in [3.05, 3.63) is 83.4 Å². The summed E-state index contributed by atoms with van der Waals surface area (Å²) in [7, 11) is -3.91. The molecule has 30 heavy (non-hydrogen) atoms. The van der Waals surface area contributed by atoms with E-state index in [1.807, 2.05) is 0 Å². The van der Waals surface area contributed by atoms with E-state index in [-0.39, 0.29) is 10.5 Å². The van der Waals surface area contributed by atoms with Crippen LogP contribution < -0.4 is 5.14 Å². The van der Waals surface area contributed by atoms with E-state index in [0.29, 0.717) is 28.0 Å². The Balaban J connectivity index is 1.72. The largest absolute Gasteiger partial charge is 0.338 e. The summed E-state index contributed by atoms with van der Waals surface area (Å²) >= 11 is 0. The van der Waals surface area contributed by atoms with Crippen LogP contribution in [0.4, 0.5) is 13.2 Å². The molecule has 1 aromatic heterocycles. The predicted octanol–water partition coefficient (Wildman–Crippen LogP) is 4.47. The topological polar surface area (TPSA) is 88.8 Å². The van der Waals surface area contributed by atoms with E-state index in [1.54, 1.807) is 36.4 Å². The van der Waals surface area contributed by atoms with Gasteiger partial charge in [0, 0.05) is 11.1 Å². The molecule has 0 aliphatic heterocycles. The zero-order valence-corrected chi connectivity index (χ0v) is 16.1. The highest BCUT2D eigenvalue weighted by atomic mass is 32.2. The van der Waals surface area contributed by atoms with Gasteiger partial charge in [0.15, 0.2) is 17.5 Å². The molecule has 4 rings (SSSR count). The monoisotopic (exact) mass is 429 g/mol. The standard InChI is InChI=1S/C21H14F3N3O2S/c22-15-8-5-12(20(23)21(15)24)7-10-19-26-16-9-6-13(11-17(16)27-19)14-3-1-2-4-18(14)30(25,28)29/h1-11H,(H,26,27)(H2,25,28,29)/b10-7+. The fourth-order valence-electron chi connectivity index (χ4n) is 3.07. The van der Waals surface area contributed by atoms with Gasteiger partial charge in [0.1, 0.15) is 5.82 Å². The minimum atomic E-state index is -3.91. The van der Waals surface area contributed by atoms with E-state index >= 15 is 0 Å². The van der Waals surface area contributed by atoms with Crippen molar-refractivity contribution in [1.82, 2.24) is 9.97 Å². The first-order chi connectivity index (χ1) is 14.2. The normalized spacial score (nSPS) is 12.1. The molecule has 0 saturated heterocycles. The van der Waals surface area contributed by atoms with Gasteiger partial charge in [-0.05, 0) is 48.0 Å². The summed E-state index contributed by atoms with van der Waals surface area (Å²) in [6, 6.07) is 13.4. The number of nitrogens with one attached hydrogen (secondary N) is 1. The number of hydrogen-bond donors (Lipinski definition) is 2. The number of hydrogen-bond acceptors (Lipinski definition) is 3. The van der Waals surface area contributed by atoms with E-state index in [4.69, 9.17) is 5.14 Å². The number of H-pyrrole nitrogens is 1. The second-order valence-corrected chi connectivity index (χ2v) is 8.02. The highest BCUT2D eigenvalue weighted by Gasteiger charge is 2.15. The average molecular weight is 429 g/mol. The maximum atomic E-state index is 13.8. The lowest BCUT2D eigenvalue weighted by molar-refractivity contribution is 0.446. The number of aromatic amines is 1. The molecule has 152 valence electrons. The molecule has 0 aliphatic rings. The van der Waals surface area contributed by atoms with Gasteiger partial charge in [0.2, 0.25) is 10.0 Å². The van der Waals surface area contributed by atoms with Crippen LogP contribution in [-0.2, 0) is 10.0 Å². The highest BCUT2D eigenvalue weighted by molar-refractivity contribution is 7.89. The predicted molar refractivity (Wildman–Crippen MR) is 108 cm³/mol. The summed E-state index contributed by atoms with van der Waals surface area (Å²) in [4.78, 5) is 7.34. The van der Waals surface area contributed by atoms with Gasteiger partial charge < -0.3 is 4.98 Å². The lowest BCUT2D eigenvalue weighted by atomic mass is 10.1. The molecule has 0 radical (unpaired) electrons. The van der Waals surface area contributed by atoms with Gasteiger partial charge in [-0.1, -0.05) is 24.3 Å². The Morgan fingerprint density at radius 1 is 0.933 bits per heavy atom. The number of primary sulfonamides is 1. The first-order valence-electron chi connectivity index (χ1n) is 8.67. The number of nitrogens with zero attached hydrogens (tertiary/aromatic N) is 1. The Morgan fingerprint density at radius 2 is 1.70 bits per heavy atom. The average Bonchev–Trinajstić information content (AvgIpc) is 3.13. The van der Waals surface area contributed by atoms with Crippen LogP contribution in [0.1, 0.15) is 11.4 Å². The van der Waals surface area contributed by atoms with Crippen LogP contribution in [0.5, 0.6) is 0 Å². The Kier molecular flexibility index (Phi) is 4.92. The molecule has 0 aliphatic carbocycles. The fraction of sp³-hybridized carbons (Fsp3) is 0. The second-order valence-electron chi connectivity index (χ2n) is 6.49. The molecule has 4 aromatic rings. The zero-order valence-electron chi connectivity index (χ0n) is 15.2. The van der Waals surface area contributed by atoms with Gasteiger partial charge >= 0.3 is 0 Å². The van der Waals surface area contributed by atoms with Crippen molar-refractivity contribution >= 4 is 33.2 Å². The third-order valence-corrected chi connectivity index (χ3v) is 5.46. The summed E-state index contributed by atoms with van der Waals surface area (Å²) in [6.07, 6.45) is 2.69. The third kappa shape index (κ3) is 3.72. The molecule has 3 N–H and O–H groups in total. The quantitative estimate of drug-likeness (QED) is 0.469. The summed E-state index contributed by atoms with van der Waals surface area (Å²) in [5, 5.41) is 5.30. The Labute approximate surface area is 169 Å². The summed E-state index contributed by atoms with van der Waals surface area (Å²) in [5.74, 6) is -3.74. The van der Waals surface area contributed by atoms with Crippen molar-refractivity contribution in [3.8, 4) is 11.1 Å². The molecule has 9 heteroatoms. The molecule has 0 atom stereocenters. The molecule has 0 amide bonds. The maximum Gasteiger partial charge on any atom is 0.238 e. The van der Waals surface area contributed by atoms with Crippen molar-refractivity contribution in [2.75, 3.05) is 0 Å².